The number of rotatable bonds is 5. The van der Waals surface area contributed by atoms with E-state index >= 15 is 0 Å². The van der Waals surface area contributed by atoms with Crippen molar-refractivity contribution in [2.24, 2.45) is 0 Å². The van der Waals surface area contributed by atoms with Gasteiger partial charge in [-0.05, 0) is 36.1 Å². The van der Waals surface area contributed by atoms with E-state index in [-0.39, 0.29) is 0 Å². The molecule has 0 saturated heterocycles. The van der Waals surface area contributed by atoms with Gasteiger partial charge in [0.2, 0.25) is 0 Å². The summed E-state index contributed by atoms with van der Waals surface area (Å²) in [7, 11) is 0. The highest BCUT2D eigenvalue weighted by molar-refractivity contribution is 7.11. The van der Waals surface area contributed by atoms with Gasteiger partial charge in [0.25, 0.3) is 0 Å². The summed E-state index contributed by atoms with van der Waals surface area (Å²) in [5.41, 5.74) is 5.33. The van der Waals surface area contributed by atoms with Gasteiger partial charge in [-0.15, -0.1) is 11.3 Å². The van der Waals surface area contributed by atoms with Gasteiger partial charge in [-0.1, -0.05) is 55.8 Å². The molecule has 0 N–H and O–H groups in total. The number of aromatic nitrogens is 1. The van der Waals surface area contributed by atoms with Crippen molar-refractivity contribution in [2.45, 2.75) is 33.1 Å². The van der Waals surface area contributed by atoms with Crippen molar-refractivity contribution in [1.29, 1.82) is 5.26 Å². The van der Waals surface area contributed by atoms with Crippen molar-refractivity contribution in [3.05, 3.63) is 75.2 Å². The van der Waals surface area contributed by atoms with E-state index in [0.29, 0.717) is 5.56 Å². The second-order valence-electron chi connectivity index (χ2n) is 5.88. The molecule has 0 unspecified atom stereocenters. The lowest BCUT2D eigenvalue weighted by atomic mass is 9.98. The summed E-state index contributed by atoms with van der Waals surface area (Å²) in [5.74, 6) is 0. The maximum Gasteiger partial charge on any atom is 0.0998 e. The fourth-order valence-corrected chi connectivity index (χ4v) is 3.92. The Labute approximate surface area is 147 Å². The van der Waals surface area contributed by atoms with E-state index in [1.54, 1.807) is 11.3 Å². The Morgan fingerprint density at radius 3 is 2.54 bits per heavy atom. The van der Waals surface area contributed by atoms with E-state index in [0.717, 1.165) is 35.4 Å². The van der Waals surface area contributed by atoms with Crippen molar-refractivity contribution in [1.82, 2.24) is 4.98 Å². The Kier molecular flexibility index (Phi) is 5.08. The van der Waals surface area contributed by atoms with Gasteiger partial charge in [-0.3, -0.25) is 0 Å². The molecule has 3 rings (SSSR count). The topological polar surface area (TPSA) is 36.7 Å². The van der Waals surface area contributed by atoms with Crippen LogP contribution in [0.3, 0.4) is 0 Å². The molecule has 2 aromatic carbocycles. The molecule has 0 aliphatic rings. The summed E-state index contributed by atoms with van der Waals surface area (Å²) in [6.45, 7) is 4.27. The van der Waals surface area contributed by atoms with Gasteiger partial charge in [0.1, 0.15) is 0 Å². The molecule has 0 aliphatic heterocycles. The van der Waals surface area contributed by atoms with Gasteiger partial charge >= 0.3 is 0 Å². The first-order valence-electron chi connectivity index (χ1n) is 8.25. The molecule has 0 atom stereocenters. The fraction of sp³-hybridized carbons (Fsp3) is 0.238. The van der Waals surface area contributed by atoms with Gasteiger partial charge in [-0.25, -0.2) is 4.98 Å². The molecule has 1 aromatic heterocycles. The third-order valence-corrected chi connectivity index (χ3v) is 5.06. The average molecular weight is 332 g/mol. The third kappa shape index (κ3) is 3.55. The molecule has 3 heteroatoms. The quantitative estimate of drug-likeness (QED) is 0.615. The Balaban J connectivity index is 1.84. The number of nitriles is 1. The van der Waals surface area contributed by atoms with Crippen LogP contribution in [0, 0.1) is 18.3 Å². The summed E-state index contributed by atoms with van der Waals surface area (Å²) in [6.07, 6.45) is 3.11. The summed E-state index contributed by atoms with van der Waals surface area (Å²) >= 11 is 1.80. The highest BCUT2D eigenvalue weighted by Gasteiger charge is 2.10. The van der Waals surface area contributed by atoms with E-state index < -0.39 is 0 Å². The monoisotopic (exact) mass is 332 g/mol. The van der Waals surface area contributed by atoms with Crippen molar-refractivity contribution >= 4 is 11.3 Å². The minimum atomic E-state index is 0.716. The third-order valence-electron chi connectivity index (χ3n) is 4.05. The molecule has 24 heavy (non-hydrogen) atoms. The van der Waals surface area contributed by atoms with Crippen molar-refractivity contribution < 1.29 is 0 Å². The van der Waals surface area contributed by atoms with Crippen LogP contribution < -0.4 is 0 Å². The molecule has 0 bridgehead atoms. The smallest absolute Gasteiger partial charge is 0.0998 e. The van der Waals surface area contributed by atoms with Crippen molar-refractivity contribution in [3.63, 3.8) is 0 Å². The van der Waals surface area contributed by atoms with Crippen molar-refractivity contribution in [2.75, 3.05) is 0 Å². The van der Waals surface area contributed by atoms with Crippen LogP contribution in [-0.4, -0.2) is 4.98 Å². The number of hydrogen-bond acceptors (Lipinski definition) is 3. The van der Waals surface area contributed by atoms with Gasteiger partial charge in [0.05, 0.1) is 22.3 Å². The second-order valence-corrected chi connectivity index (χ2v) is 7.17. The molecule has 0 spiro atoms. The number of thiazole rings is 1. The van der Waals surface area contributed by atoms with Crippen LogP contribution in [0.4, 0.5) is 0 Å². The van der Waals surface area contributed by atoms with Crippen LogP contribution in [0.5, 0.6) is 0 Å². The van der Waals surface area contributed by atoms with E-state index in [9.17, 15) is 5.26 Å². The molecule has 0 amide bonds. The summed E-state index contributed by atoms with van der Waals surface area (Å²) in [5, 5.41) is 10.4. The Morgan fingerprint density at radius 1 is 1.08 bits per heavy atom. The lowest BCUT2D eigenvalue weighted by molar-refractivity contribution is 0.874. The minimum Gasteiger partial charge on any atom is -0.246 e. The van der Waals surface area contributed by atoms with Crippen LogP contribution in [0.2, 0.25) is 0 Å². The fourth-order valence-electron chi connectivity index (χ4n) is 2.90. The second kappa shape index (κ2) is 7.42. The lowest BCUT2D eigenvalue weighted by Gasteiger charge is -2.06. The molecule has 0 radical (unpaired) electrons. The van der Waals surface area contributed by atoms with Crippen LogP contribution in [-0.2, 0) is 12.8 Å². The Bertz CT molecular complexity index is 870. The highest BCUT2D eigenvalue weighted by Crippen LogP contribution is 2.26. The molecule has 0 fully saturated rings. The van der Waals surface area contributed by atoms with Crippen LogP contribution in [0.1, 0.15) is 40.1 Å². The Morgan fingerprint density at radius 2 is 1.83 bits per heavy atom. The summed E-state index contributed by atoms with van der Waals surface area (Å²) in [6, 6.07) is 18.5. The minimum absolute atomic E-state index is 0.716. The van der Waals surface area contributed by atoms with Gasteiger partial charge in [-0.2, -0.15) is 5.26 Å². The van der Waals surface area contributed by atoms with Crippen LogP contribution in [0.15, 0.2) is 48.5 Å². The number of hydrogen-bond donors (Lipinski definition) is 0. The van der Waals surface area contributed by atoms with Crippen LogP contribution in [0.25, 0.3) is 11.1 Å². The first-order valence-corrected chi connectivity index (χ1v) is 9.06. The first-order chi connectivity index (χ1) is 11.7. The molecule has 1 heterocycles. The summed E-state index contributed by atoms with van der Waals surface area (Å²) < 4.78 is 0. The molecule has 120 valence electrons. The standard InChI is InChI=1S/C21H20N2S/c1-3-6-20-21(24-15(2)23-20)13-16-9-11-17(12-10-16)19-8-5-4-7-18(19)14-22/h4-5,7-12H,3,6,13H2,1-2H3. The van der Waals surface area contributed by atoms with Crippen LogP contribution >= 0.6 is 11.3 Å². The zero-order valence-corrected chi connectivity index (χ0v) is 14.9. The van der Waals surface area contributed by atoms with Gasteiger partial charge in [0, 0.05) is 11.3 Å². The Hall–Kier alpha value is -2.44. The maximum atomic E-state index is 9.26. The predicted molar refractivity (Wildman–Crippen MR) is 100 cm³/mol. The van der Waals surface area contributed by atoms with Gasteiger partial charge in [0.15, 0.2) is 0 Å². The van der Waals surface area contributed by atoms with E-state index in [4.69, 9.17) is 0 Å². The molecule has 3 aromatic rings. The van der Waals surface area contributed by atoms with E-state index in [1.807, 2.05) is 24.3 Å². The molecular weight excluding hydrogens is 312 g/mol. The largest absolute Gasteiger partial charge is 0.246 e. The number of aryl methyl sites for hydroxylation is 2. The van der Waals surface area contributed by atoms with Gasteiger partial charge < -0.3 is 0 Å². The SMILES string of the molecule is CCCc1nc(C)sc1Cc1ccc(-c2ccccc2C#N)cc1. The highest BCUT2D eigenvalue weighted by atomic mass is 32.1. The molecule has 2 nitrogen and oxygen atoms in total. The maximum absolute atomic E-state index is 9.26. The molecular formula is C21H20N2S. The predicted octanol–water partition coefficient (Wildman–Crippen LogP) is 5.53. The number of benzene rings is 2. The van der Waals surface area contributed by atoms with E-state index in [1.165, 1.54) is 16.1 Å². The zero-order valence-electron chi connectivity index (χ0n) is 14.0. The first kappa shape index (κ1) is 16.4. The molecule has 0 aliphatic carbocycles. The lowest BCUT2D eigenvalue weighted by Crippen LogP contribution is -1.93. The van der Waals surface area contributed by atoms with E-state index in [2.05, 4.69) is 49.2 Å². The average Bonchev–Trinajstić information content (AvgIpc) is 2.95. The molecule has 0 saturated carbocycles. The number of nitrogens with zero attached hydrogens (tertiary/aromatic N) is 2. The summed E-state index contributed by atoms with van der Waals surface area (Å²) in [4.78, 5) is 6.04. The zero-order chi connectivity index (χ0) is 16.9. The normalized spacial score (nSPS) is 10.5. The van der Waals surface area contributed by atoms with Crippen molar-refractivity contribution in [3.8, 4) is 17.2 Å².